The van der Waals surface area contributed by atoms with E-state index >= 15 is 0 Å². The topological polar surface area (TPSA) is 212 Å². The molecule has 0 heterocycles. The minimum absolute atomic E-state index is 0. The Morgan fingerprint density at radius 3 is 1.20 bits per heavy atom. The van der Waals surface area contributed by atoms with Crippen molar-refractivity contribution in [3.05, 3.63) is 24.3 Å². The van der Waals surface area contributed by atoms with E-state index in [1.807, 2.05) is 0 Å². The number of hydrogen-bond acceptors (Lipinski definition) is 13. The van der Waals surface area contributed by atoms with Crippen LogP contribution in [0.2, 0.25) is 0 Å². The summed E-state index contributed by atoms with van der Waals surface area (Å²) >= 11 is 10.1. The average Bonchev–Trinajstić information content (AvgIpc) is 2.88. The molecular formula is C23H40Cl2Na2O13. The van der Waals surface area contributed by atoms with Crippen LogP contribution in [0.1, 0.15) is 39.5 Å². The van der Waals surface area contributed by atoms with Crippen LogP contribution in [0, 0.1) is 0 Å². The van der Waals surface area contributed by atoms with Gasteiger partial charge >= 0.3 is 71.1 Å². The van der Waals surface area contributed by atoms with E-state index in [-0.39, 0.29) is 102 Å². The van der Waals surface area contributed by atoms with Gasteiger partial charge in [-0.2, -0.15) is 0 Å². The van der Waals surface area contributed by atoms with Crippen molar-refractivity contribution in [2.45, 2.75) is 39.5 Å². The fraction of sp³-hybridized carbons (Fsp3) is 0.652. The average molecular weight is 641 g/mol. The summed E-state index contributed by atoms with van der Waals surface area (Å²) in [5.41, 5.74) is 0.783. The van der Waals surface area contributed by atoms with Crippen molar-refractivity contribution in [2.75, 3.05) is 60.0 Å². The second-order valence-electron chi connectivity index (χ2n) is 6.50. The maximum absolute atomic E-state index is 10.5. The number of esters is 2. The van der Waals surface area contributed by atoms with Crippen LogP contribution in [0.15, 0.2) is 24.3 Å². The molecule has 0 fully saturated rings. The summed E-state index contributed by atoms with van der Waals surface area (Å²) in [5, 5.41) is 38.0. The summed E-state index contributed by atoms with van der Waals surface area (Å²) in [4.78, 5) is 40.9. The van der Waals surface area contributed by atoms with Crippen molar-refractivity contribution in [1.29, 1.82) is 0 Å². The summed E-state index contributed by atoms with van der Waals surface area (Å²) in [6.45, 7) is 11.5. The van der Waals surface area contributed by atoms with Gasteiger partial charge in [0.05, 0.1) is 53.4 Å². The van der Waals surface area contributed by atoms with Crippen LogP contribution in [-0.2, 0) is 38.1 Å². The van der Waals surface area contributed by atoms with Gasteiger partial charge in [-0.05, 0) is 49.9 Å². The Bertz CT molecular complexity index is 602. The van der Waals surface area contributed by atoms with Crippen molar-refractivity contribution in [3.8, 4) is 0 Å². The van der Waals surface area contributed by atoms with Crippen LogP contribution < -0.4 is 69.6 Å². The molecule has 0 aliphatic carbocycles. The number of halogens is 2. The third kappa shape index (κ3) is 66.4. The molecule has 0 amide bonds. The molecule has 3 N–H and O–H groups in total. The Morgan fingerprint density at radius 1 is 0.675 bits per heavy atom. The number of aliphatic hydroxyl groups is 3. The maximum Gasteiger partial charge on any atom is 1.00 e. The van der Waals surface area contributed by atoms with Crippen molar-refractivity contribution in [3.63, 3.8) is 0 Å². The molecule has 0 bridgehead atoms. The van der Waals surface area contributed by atoms with Gasteiger partial charge in [0.25, 0.3) is 0 Å². The van der Waals surface area contributed by atoms with Gasteiger partial charge in [-0.25, -0.2) is 9.59 Å². The molecule has 0 atom stereocenters. The summed E-state index contributed by atoms with van der Waals surface area (Å²) < 4.78 is 18.5. The van der Waals surface area contributed by atoms with Gasteiger partial charge in [-0.1, -0.05) is 13.2 Å². The van der Waals surface area contributed by atoms with Crippen molar-refractivity contribution in [1.82, 2.24) is 0 Å². The first-order valence-corrected chi connectivity index (χ1v) is 11.7. The molecule has 0 saturated heterocycles. The van der Waals surface area contributed by atoms with E-state index in [1.54, 1.807) is 13.8 Å². The first kappa shape index (κ1) is 55.9. The molecule has 0 aliphatic rings. The third-order valence-electron chi connectivity index (χ3n) is 3.05. The number of carbonyl (C=O) groups is 4. The molecule has 40 heavy (non-hydrogen) atoms. The number of unbranched alkanes of at least 4 members (excludes halogenated alkanes) is 1. The van der Waals surface area contributed by atoms with Gasteiger partial charge in [-0.3, -0.25) is 9.59 Å². The molecule has 226 valence electrons. The van der Waals surface area contributed by atoms with E-state index in [0.717, 1.165) is 0 Å². The third-order valence-corrected chi connectivity index (χ3v) is 3.42. The zero-order valence-electron chi connectivity index (χ0n) is 24.1. The summed E-state index contributed by atoms with van der Waals surface area (Å²) in [6, 6.07) is 0. The second kappa shape index (κ2) is 48.8. The monoisotopic (exact) mass is 640 g/mol. The molecule has 0 aromatic heterocycles. The molecule has 13 nitrogen and oxygen atoms in total. The molecule has 0 saturated carbocycles. The van der Waals surface area contributed by atoms with Gasteiger partial charge < -0.3 is 44.8 Å². The van der Waals surface area contributed by atoms with Crippen molar-refractivity contribution < 1.29 is 123 Å². The summed E-state index contributed by atoms with van der Waals surface area (Å²) in [7, 11) is 1.33. The van der Waals surface area contributed by atoms with E-state index in [1.165, 1.54) is 7.11 Å². The summed E-state index contributed by atoms with van der Waals surface area (Å²) in [6.07, 6.45) is 1.93. The zero-order valence-corrected chi connectivity index (χ0v) is 29.6. The van der Waals surface area contributed by atoms with E-state index < -0.39 is 5.97 Å². The van der Waals surface area contributed by atoms with Crippen LogP contribution in [-0.4, -0.2) is 97.7 Å². The van der Waals surface area contributed by atoms with E-state index in [4.69, 9.17) is 58.5 Å². The first-order valence-electron chi connectivity index (χ1n) is 11.0. The van der Waals surface area contributed by atoms with Crippen molar-refractivity contribution >= 4 is 45.6 Å². The first-order chi connectivity index (χ1) is 17.9. The molecule has 0 spiro atoms. The minimum Gasteiger partial charge on any atom is -1.00 e. The molecule has 0 radical (unpaired) electrons. The quantitative estimate of drug-likeness (QED) is 0.0273. The smallest absolute Gasteiger partial charge is 1.00 e. The van der Waals surface area contributed by atoms with Gasteiger partial charge in [0.2, 0.25) is 10.5 Å². The predicted octanol–water partition coefficient (Wildman–Crippen LogP) is -6.45. The Labute approximate surface area is 290 Å². The molecule has 17 heteroatoms. The van der Waals surface area contributed by atoms with Crippen LogP contribution in [0.3, 0.4) is 0 Å². The zero-order chi connectivity index (χ0) is 30.8. The second-order valence-corrected chi connectivity index (χ2v) is 7.34. The fourth-order valence-corrected chi connectivity index (χ4v) is 1.68. The number of carbonyl (C=O) groups excluding carboxylic acids is 4. The largest absolute Gasteiger partial charge is 1.00 e. The maximum atomic E-state index is 10.5. The Balaban J connectivity index is -0.0000000704. The minimum atomic E-state index is -0.455. The number of hydrogen-bond donors (Lipinski definition) is 3. The molecule has 0 unspecified atom stereocenters. The Hall–Kier alpha value is 0.0600. The van der Waals surface area contributed by atoms with Gasteiger partial charge in [0.1, 0.15) is 6.61 Å². The standard InChI is InChI=1S/C6H8Cl2O2.C6H14O4.C6H10O3.C5H8O2.2Na.O2/c7-5(9)3-1-2-4-6(8)10;7-1-3-9-5-6-10-4-2-8;1-5(2)6(8)9-4-3-7;1-4(2)5(6)7-3;;;1-2/h1-4H2;7-8H,1-6H2;7H,1,3-4H2,2H3;1H2,2-3H3;;;/q;;;;2*+1;-2. The number of ether oxygens (including phenoxy) is 4. The van der Waals surface area contributed by atoms with E-state index in [2.05, 4.69) is 22.6 Å². The Morgan fingerprint density at radius 2 is 1.00 bits per heavy atom. The number of rotatable bonds is 16. The van der Waals surface area contributed by atoms with Crippen LogP contribution >= 0.6 is 23.2 Å². The van der Waals surface area contributed by atoms with Crippen LogP contribution in [0.4, 0.5) is 0 Å². The van der Waals surface area contributed by atoms with Crippen LogP contribution in [0.5, 0.6) is 0 Å². The van der Waals surface area contributed by atoms with Crippen LogP contribution in [0.25, 0.3) is 0 Å². The summed E-state index contributed by atoms with van der Waals surface area (Å²) in [5.74, 6) is -0.802. The van der Waals surface area contributed by atoms with E-state index in [9.17, 15) is 19.2 Å². The Kier molecular flexibility index (Phi) is 68.2. The number of methoxy groups -OCH3 is 1. The van der Waals surface area contributed by atoms with E-state index in [0.29, 0.717) is 63.3 Å². The SMILES string of the molecule is C=C(C)C(=O)OC.C=C(C)C(=O)OCCO.O=C(Cl)CCCCC(=O)Cl.OCCOCCOCCO.[Na+].[Na+].[O-][O-]. The molecule has 0 aromatic carbocycles. The number of aliphatic hydroxyl groups excluding tert-OH is 3. The normalized spacial score (nSPS) is 8.35. The van der Waals surface area contributed by atoms with Gasteiger partial charge in [0, 0.05) is 24.0 Å². The molecular weight excluding hydrogens is 601 g/mol. The fourth-order valence-electron chi connectivity index (χ4n) is 1.41. The van der Waals surface area contributed by atoms with Crippen molar-refractivity contribution in [2.24, 2.45) is 0 Å². The molecule has 0 rings (SSSR count). The van der Waals surface area contributed by atoms with Gasteiger partial charge in [-0.15, -0.1) is 0 Å². The van der Waals surface area contributed by atoms with Gasteiger partial charge in [0.15, 0.2) is 0 Å². The molecule has 0 aliphatic heterocycles. The molecule has 0 aromatic rings. The predicted molar refractivity (Wildman–Crippen MR) is 136 cm³/mol.